The summed E-state index contributed by atoms with van der Waals surface area (Å²) in [7, 11) is 0. The highest BCUT2D eigenvalue weighted by Gasteiger charge is 2.34. The molecule has 0 unspecified atom stereocenters. The molecule has 1 N–H and O–H groups in total. The molecule has 92 valence electrons. The second kappa shape index (κ2) is 4.68. The smallest absolute Gasteiger partial charge is 0.344 e. The van der Waals surface area contributed by atoms with Crippen LogP contribution in [0.25, 0.3) is 0 Å². The van der Waals surface area contributed by atoms with Crippen LogP contribution in [0.5, 0.6) is 0 Å². The number of hydrogen-bond donors (Lipinski definition) is 1. The van der Waals surface area contributed by atoms with Gasteiger partial charge in [-0.15, -0.1) is 0 Å². The summed E-state index contributed by atoms with van der Waals surface area (Å²) in [4.78, 5) is 4.10. The zero-order valence-electron chi connectivity index (χ0n) is 8.81. The monoisotopic (exact) mass is 306 g/mol. The zero-order valence-corrected chi connectivity index (χ0v) is 10.4. The van der Waals surface area contributed by atoms with E-state index in [-0.39, 0.29) is 5.69 Å². The molecule has 0 aliphatic carbocycles. The van der Waals surface area contributed by atoms with Crippen LogP contribution in [0.1, 0.15) is 18.4 Å². The van der Waals surface area contributed by atoms with Gasteiger partial charge in [-0.25, -0.2) is 0 Å². The number of rotatable bonds is 1. The van der Waals surface area contributed by atoms with Crippen LogP contribution in [0.2, 0.25) is 0 Å². The molecule has 1 aromatic carbocycles. The fourth-order valence-corrected chi connectivity index (χ4v) is 2.02. The number of nitrogens with one attached hydrogen (secondary N) is 1. The van der Waals surface area contributed by atoms with E-state index in [0.29, 0.717) is 23.3 Å². The number of alkyl halides is 3. The van der Waals surface area contributed by atoms with E-state index < -0.39 is 11.7 Å². The highest BCUT2D eigenvalue weighted by molar-refractivity contribution is 9.10. The number of aliphatic imine (C=N–C) groups is 1. The average molecular weight is 307 g/mol. The highest BCUT2D eigenvalue weighted by atomic mass is 79.9. The molecule has 1 aliphatic heterocycles. The maximum Gasteiger partial charge on any atom is 0.418 e. The van der Waals surface area contributed by atoms with Crippen molar-refractivity contribution in [3.05, 3.63) is 28.2 Å². The first-order valence-electron chi connectivity index (χ1n) is 5.14. The molecule has 0 bridgehead atoms. The van der Waals surface area contributed by atoms with Gasteiger partial charge in [-0.2, -0.15) is 13.2 Å². The van der Waals surface area contributed by atoms with Crippen molar-refractivity contribution in [2.24, 2.45) is 4.99 Å². The van der Waals surface area contributed by atoms with E-state index in [1.54, 1.807) is 6.07 Å². The van der Waals surface area contributed by atoms with Crippen LogP contribution < -0.4 is 5.32 Å². The minimum Gasteiger partial charge on any atom is -0.344 e. The molecule has 0 radical (unpaired) electrons. The van der Waals surface area contributed by atoms with Crippen molar-refractivity contribution in [2.45, 2.75) is 19.0 Å². The molecule has 1 aliphatic rings. The molecule has 17 heavy (non-hydrogen) atoms. The molecule has 0 atom stereocenters. The first-order chi connectivity index (χ1) is 7.97. The third kappa shape index (κ3) is 3.00. The van der Waals surface area contributed by atoms with Gasteiger partial charge in [0.2, 0.25) is 0 Å². The molecule has 0 saturated carbocycles. The van der Waals surface area contributed by atoms with Crippen LogP contribution in [-0.2, 0) is 6.18 Å². The Kier molecular flexibility index (Phi) is 3.42. The molecule has 0 aromatic heterocycles. The van der Waals surface area contributed by atoms with Crippen LogP contribution in [0.3, 0.4) is 0 Å². The molecule has 1 heterocycles. The van der Waals surface area contributed by atoms with Crippen molar-refractivity contribution in [3.8, 4) is 0 Å². The lowest BCUT2D eigenvalue weighted by Gasteiger charge is -2.14. The Morgan fingerprint density at radius 1 is 1.29 bits per heavy atom. The predicted molar refractivity (Wildman–Crippen MR) is 64.3 cm³/mol. The SMILES string of the molecule is FC(F)(F)c1cc(Br)ccc1NC1=NCCC1. The first-order valence-corrected chi connectivity index (χ1v) is 5.93. The van der Waals surface area contributed by atoms with Gasteiger partial charge in [0.15, 0.2) is 0 Å². The number of nitrogens with zero attached hydrogens (tertiary/aromatic N) is 1. The van der Waals surface area contributed by atoms with Gasteiger partial charge in [-0.1, -0.05) is 15.9 Å². The molecule has 2 nitrogen and oxygen atoms in total. The van der Waals surface area contributed by atoms with E-state index in [9.17, 15) is 13.2 Å². The molecule has 0 saturated heterocycles. The van der Waals surface area contributed by atoms with E-state index in [1.165, 1.54) is 6.07 Å². The van der Waals surface area contributed by atoms with E-state index in [4.69, 9.17) is 0 Å². The molecule has 2 rings (SSSR count). The van der Waals surface area contributed by atoms with Crippen molar-refractivity contribution in [1.82, 2.24) is 0 Å². The van der Waals surface area contributed by atoms with Gasteiger partial charge in [0.05, 0.1) is 11.3 Å². The second-order valence-electron chi connectivity index (χ2n) is 3.74. The van der Waals surface area contributed by atoms with E-state index >= 15 is 0 Å². The quantitative estimate of drug-likeness (QED) is 0.831. The minimum absolute atomic E-state index is 0.0568. The topological polar surface area (TPSA) is 24.4 Å². The third-order valence-electron chi connectivity index (χ3n) is 2.44. The summed E-state index contributed by atoms with van der Waals surface area (Å²) in [6.45, 7) is 0.681. The maximum absolute atomic E-state index is 12.8. The van der Waals surface area contributed by atoms with E-state index in [0.717, 1.165) is 12.5 Å². The highest BCUT2D eigenvalue weighted by Crippen LogP contribution is 2.36. The number of hydrogen-bond acceptors (Lipinski definition) is 2. The van der Waals surface area contributed by atoms with Gasteiger partial charge in [0.25, 0.3) is 0 Å². The summed E-state index contributed by atoms with van der Waals surface area (Å²) >= 11 is 3.04. The van der Waals surface area contributed by atoms with Gasteiger partial charge in [0.1, 0.15) is 5.84 Å². The number of benzene rings is 1. The fraction of sp³-hybridized carbons (Fsp3) is 0.364. The minimum atomic E-state index is -4.37. The van der Waals surface area contributed by atoms with Gasteiger partial charge in [-0.05, 0) is 24.6 Å². The van der Waals surface area contributed by atoms with Crippen molar-refractivity contribution in [1.29, 1.82) is 0 Å². The summed E-state index contributed by atoms with van der Waals surface area (Å²) in [5, 5.41) is 2.75. The van der Waals surface area contributed by atoms with Crippen LogP contribution >= 0.6 is 15.9 Å². The van der Waals surface area contributed by atoms with Crippen molar-refractivity contribution in [3.63, 3.8) is 0 Å². The number of anilines is 1. The Bertz CT molecular complexity index is 455. The van der Waals surface area contributed by atoms with Crippen LogP contribution in [-0.4, -0.2) is 12.4 Å². The van der Waals surface area contributed by atoms with Crippen molar-refractivity contribution in [2.75, 3.05) is 11.9 Å². The largest absolute Gasteiger partial charge is 0.418 e. The van der Waals surface area contributed by atoms with Crippen LogP contribution in [0.15, 0.2) is 27.7 Å². The lowest BCUT2D eigenvalue weighted by molar-refractivity contribution is -0.136. The molecular weight excluding hydrogens is 297 g/mol. The standard InChI is InChI=1S/C11H10BrF3N2/c12-7-3-4-9(8(6-7)11(13,14)15)17-10-2-1-5-16-10/h3-4,6H,1-2,5H2,(H,16,17). The molecule has 0 spiro atoms. The van der Waals surface area contributed by atoms with Gasteiger partial charge in [-0.3, -0.25) is 4.99 Å². The van der Waals surface area contributed by atoms with Crippen molar-refractivity contribution < 1.29 is 13.2 Å². The first kappa shape index (κ1) is 12.4. The van der Waals surface area contributed by atoms with Crippen LogP contribution in [0.4, 0.5) is 18.9 Å². The van der Waals surface area contributed by atoms with Crippen LogP contribution in [0, 0.1) is 0 Å². The predicted octanol–water partition coefficient (Wildman–Crippen LogP) is 4.07. The molecule has 0 amide bonds. The fourth-order valence-electron chi connectivity index (χ4n) is 1.66. The van der Waals surface area contributed by atoms with Gasteiger partial charge < -0.3 is 5.32 Å². The van der Waals surface area contributed by atoms with E-state index in [2.05, 4.69) is 26.2 Å². The Labute approximate surface area is 105 Å². The summed E-state index contributed by atoms with van der Waals surface area (Å²) in [5.74, 6) is 0.623. The average Bonchev–Trinajstić information content (AvgIpc) is 2.72. The Balaban J connectivity index is 2.32. The number of amidine groups is 1. The third-order valence-corrected chi connectivity index (χ3v) is 2.93. The Morgan fingerprint density at radius 3 is 2.65 bits per heavy atom. The molecule has 1 aromatic rings. The lowest BCUT2D eigenvalue weighted by Crippen LogP contribution is -2.14. The van der Waals surface area contributed by atoms with Crippen molar-refractivity contribution >= 4 is 27.5 Å². The van der Waals surface area contributed by atoms with E-state index in [1.807, 2.05) is 0 Å². The summed E-state index contributed by atoms with van der Waals surface area (Å²) in [6, 6.07) is 4.05. The lowest BCUT2D eigenvalue weighted by atomic mass is 10.1. The second-order valence-corrected chi connectivity index (χ2v) is 4.66. The number of halogens is 4. The summed E-state index contributed by atoms with van der Waals surface area (Å²) in [6.07, 6.45) is -2.78. The Morgan fingerprint density at radius 2 is 2.06 bits per heavy atom. The summed E-state index contributed by atoms with van der Waals surface area (Å²) in [5.41, 5.74) is -0.622. The zero-order chi connectivity index (χ0) is 12.5. The summed E-state index contributed by atoms with van der Waals surface area (Å²) < 4.78 is 38.8. The maximum atomic E-state index is 12.8. The Hall–Kier alpha value is -1.04. The van der Waals surface area contributed by atoms with Gasteiger partial charge in [0, 0.05) is 17.4 Å². The molecule has 6 heteroatoms. The molecule has 0 fully saturated rings. The normalized spacial score (nSPS) is 15.9. The van der Waals surface area contributed by atoms with Gasteiger partial charge >= 0.3 is 6.18 Å². The molecular formula is C11H10BrF3N2.